The molecule has 0 bridgehead atoms. The number of aromatic amines is 1. The zero-order chi connectivity index (χ0) is 18.5. The molecule has 0 amide bonds. The first-order valence-corrected chi connectivity index (χ1v) is 9.11. The summed E-state index contributed by atoms with van der Waals surface area (Å²) in [5.74, 6) is 0.696. The molecule has 6 rings (SSSR count). The van der Waals surface area contributed by atoms with Crippen LogP contribution >= 0.6 is 0 Å². The average Bonchev–Trinajstić information content (AvgIpc) is 3.33. The van der Waals surface area contributed by atoms with Gasteiger partial charge in [-0.15, -0.1) is 0 Å². The molecule has 4 heterocycles. The van der Waals surface area contributed by atoms with Crippen LogP contribution in [0.5, 0.6) is 0 Å². The van der Waals surface area contributed by atoms with E-state index in [1.165, 1.54) is 16.2 Å². The van der Waals surface area contributed by atoms with Gasteiger partial charge in [-0.3, -0.25) is 4.98 Å². The highest BCUT2D eigenvalue weighted by Gasteiger charge is 2.10. The predicted octanol–water partition coefficient (Wildman–Crippen LogP) is 5.12. The Kier molecular flexibility index (Phi) is 3.10. The van der Waals surface area contributed by atoms with Gasteiger partial charge < -0.3 is 9.55 Å². The molecule has 0 aliphatic heterocycles. The summed E-state index contributed by atoms with van der Waals surface area (Å²) in [6.07, 6.45) is 9.29. The van der Waals surface area contributed by atoms with E-state index >= 15 is 0 Å². The van der Waals surface area contributed by atoms with Crippen LogP contribution in [-0.2, 0) is 0 Å². The minimum absolute atomic E-state index is 0.696. The van der Waals surface area contributed by atoms with E-state index in [0.717, 1.165) is 27.8 Å². The summed E-state index contributed by atoms with van der Waals surface area (Å²) >= 11 is 0. The second kappa shape index (κ2) is 5.76. The van der Waals surface area contributed by atoms with Gasteiger partial charge in [0.15, 0.2) is 5.82 Å². The van der Waals surface area contributed by atoms with Gasteiger partial charge in [-0.1, -0.05) is 18.2 Å². The highest BCUT2D eigenvalue weighted by Crippen LogP contribution is 2.31. The van der Waals surface area contributed by atoms with E-state index in [4.69, 9.17) is 0 Å². The number of aromatic nitrogens is 5. The molecule has 5 nitrogen and oxygen atoms in total. The Bertz CT molecular complexity index is 1440. The first-order chi connectivity index (χ1) is 13.9. The lowest BCUT2D eigenvalue weighted by atomic mass is 10.1. The van der Waals surface area contributed by atoms with Crippen molar-refractivity contribution in [3.05, 3.63) is 85.6 Å². The first-order valence-electron chi connectivity index (χ1n) is 9.11. The molecule has 0 spiro atoms. The van der Waals surface area contributed by atoms with Gasteiger partial charge in [-0.05, 0) is 36.4 Å². The second-order valence-corrected chi connectivity index (χ2v) is 6.81. The summed E-state index contributed by atoms with van der Waals surface area (Å²) < 4.78 is 2.13. The van der Waals surface area contributed by atoms with Crippen molar-refractivity contribution in [3.8, 4) is 17.1 Å². The Morgan fingerprint density at radius 2 is 1.61 bits per heavy atom. The van der Waals surface area contributed by atoms with E-state index in [1.54, 1.807) is 12.4 Å². The highest BCUT2D eigenvalue weighted by molar-refractivity contribution is 6.11. The molecule has 5 heteroatoms. The Morgan fingerprint density at radius 3 is 2.46 bits per heavy atom. The number of benzene rings is 2. The first kappa shape index (κ1) is 15.1. The summed E-state index contributed by atoms with van der Waals surface area (Å²) in [5.41, 5.74) is 5.33. The number of H-pyrrole nitrogens is 1. The number of fused-ring (bicyclic) bond motifs is 4. The summed E-state index contributed by atoms with van der Waals surface area (Å²) in [7, 11) is 0. The van der Waals surface area contributed by atoms with Crippen molar-refractivity contribution in [1.82, 2.24) is 24.5 Å². The van der Waals surface area contributed by atoms with Crippen LogP contribution in [0.1, 0.15) is 0 Å². The van der Waals surface area contributed by atoms with Crippen molar-refractivity contribution in [1.29, 1.82) is 0 Å². The zero-order valence-electron chi connectivity index (χ0n) is 14.9. The van der Waals surface area contributed by atoms with E-state index in [-0.39, 0.29) is 0 Å². The molecule has 0 unspecified atom stereocenters. The van der Waals surface area contributed by atoms with E-state index < -0.39 is 0 Å². The molecule has 0 atom stereocenters. The Labute approximate surface area is 160 Å². The topological polar surface area (TPSA) is 59.4 Å². The van der Waals surface area contributed by atoms with Crippen LogP contribution in [0.25, 0.3) is 49.8 Å². The lowest BCUT2D eigenvalue weighted by Crippen LogP contribution is -1.96. The lowest BCUT2D eigenvalue weighted by Gasteiger charge is -2.06. The second-order valence-electron chi connectivity index (χ2n) is 6.81. The lowest BCUT2D eigenvalue weighted by molar-refractivity contribution is 1.05. The fourth-order valence-corrected chi connectivity index (χ4v) is 3.80. The number of hydrogen-bond donors (Lipinski definition) is 1. The number of rotatable bonds is 2. The molecule has 0 radical (unpaired) electrons. The number of hydrogen-bond acceptors (Lipinski definition) is 3. The molecule has 28 heavy (non-hydrogen) atoms. The van der Waals surface area contributed by atoms with Gasteiger partial charge in [-0.25, -0.2) is 9.97 Å². The molecular formula is C23H15N5. The smallest absolute Gasteiger partial charge is 0.159 e. The highest BCUT2D eigenvalue weighted by atomic mass is 15.0. The fourth-order valence-electron chi connectivity index (χ4n) is 3.80. The van der Waals surface area contributed by atoms with Gasteiger partial charge >= 0.3 is 0 Å². The molecule has 4 aromatic heterocycles. The normalized spacial score (nSPS) is 11.6. The van der Waals surface area contributed by atoms with E-state index in [2.05, 4.69) is 73.2 Å². The molecule has 1 N–H and O–H groups in total. The van der Waals surface area contributed by atoms with Gasteiger partial charge in [0.05, 0.1) is 23.6 Å². The van der Waals surface area contributed by atoms with Gasteiger partial charge in [0.25, 0.3) is 0 Å². The van der Waals surface area contributed by atoms with Crippen LogP contribution < -0.4 is 0 Å². The molecule has 6 aromatic rings. The predicted molar refractivity (Wildman–Crippen MR) is 111 cm³/mol. The number of nitrogens with one attached hydrogen (secondary N) is 1. The quantitative estimate of drug-likeness (QED) is 0.466. The molecule has 0 fully saturated rings. The van der Waals surface area contributed by atoms with Crippen LogP contribution in [0.3, 0.4) is 0 Å². The number of pyridine rings is 1. The standard InChI is InChI=1S/C23H15N5/c1-2-4-20-18(3-1)19-12-22-16(11-21(19)27-20)7-10-28(22)17-13-25-23(26-14-17)15-5-8-24-9-6-15/h1-14,27H. The Balaban J connectivity index is 1.51. The molecule has 0 saturated heterocycles. The third-order valence-electron chi connectivity index (χ3n) is 5.17. The largest absolute Gasteiger partial charge is 0.354 e. The van der Waals surface area contributed by atoms with Crippen molar-refractivity contribution in [2.24, 2.45) is 0 Å². The minimum atomic E-state index is 0.696. The SMILES string of the molecule is c1ccc2c(c1)[nH]c1cc3ccn(-c4cnc(-c5ccncc5)nc4)c3cc12. The van der Waals surface area contributed by atoms with Gasteiger partial charge in [-0.2, -0.15) is 0 Å². The maximum Gasteiger partial charge on any atom is 0.159 e. The third kappa shape index (κ3) is 2.23. The van der Waals surface area contributed by atoms with Gasteiger partial charge in [0, 0.05) is 51.3 Å². The molecule has 0 aliphatic carbocycles. The van der Waals surface area contributed by atoms with Crippen molar-refractivity contribution >= 4 is 32.7 Å². The molecule has 2 aromatic carbocycles. The van der Waals surface area contributed by atoms with Crippen LogP contribution in [-0.4, -0.2) is 24.5 Å². The summed E-state index contributed by atoms with van der Waals surface area (Å²) in [4.78, 5) is 16.6. The van der Waals surface area contributed by atoms with Crippen LogP contribution in [0.2, 0.25) is 0 Å². The monoisotopic (exact) mass is 361 g/mol. The van der Waals surface area contributed by atoms with Gasteiger partial charge in [0.1, 0.15) is 0 Å². The number of para-hydroxylation sites is 1. The maximum atomic E-state index is 4.55. The van der Waals surface area contributed by atoms with Crippen molar-refractivity contribution in [3.63, 3.8) is 0 Å². The molecule has 0 aliphatic rings. The summed E-state index contributed by atoms with van der Waals surface area (Å²) in [6, 6.07) is 18.8. The van der Waals surface area contributed by atoms with Gasteiger partial charge in [0.2, 0.25) is 0 Å². The summed E-state index contributed by atoms with van der Waals surface area (Å²) in [6.45, 7) is 0. The Morgan fingerprint density at radius 1 is 0.786 bits per heavy atom. The molecular weight excluding hydrogens is 346 g/mol. The van der Waals surface area contributed by atoms with Crippen molar-refractivity contribution < 1.29 is 0 Å². The average molecular weight is 361 g/mol. The zero-order valence-corrected chi connectivity index (χ0v) is 14.9. The van der Waals surface area contributed by atoms with E-state index in [1.807, 2.05) is 24.5 Å². The molecule has 132 valence electrons. The minimum Gasteiger partial charge on any atom is -0.354 e. The van der Waals surface area contributed by atoms with Crippen molar-refractivity contribution in [2.45, 2.75) is 0 Å². The maximum absolute atomic E-state index is 4.55. The van der Waals surface area contributed by atoms with Crippen LogP contribution in [0.15, 0.2) is 85.6 Å². The van der Waals surface area contributed by atoms with Crippen molar-refractivity contribution in [2.75, 3.05) is 0 Å². The molecule has 0 saturated carbocycles. The number of nitrogens with zero attached hydrogens (tertiary/aromatic N) is 4. The fraction of sp³-hybridized carbons (Fsp3) is 0. The summed E-state index contributed by atoms with van der Waals surface area (Å²) in [5, 5.41) is 3.63. The van der Waals surface area contributed by atoms with Crippen LogP contribution in [0.4, 0.5) is 0 Å². The van der Waals surface area contributed by atoms with E-state index in [9.17, 15) is 0 Å². The van der Waals surface area contributed by atoms with Crippen LogP contribution in [0, 0.1) is 0 Å². The Hall–Kier alpha value is -3.99. The third-order valence-corrected chi connectivity index (χ3v) is 5.17. The van der Waals surface area contributed by atoms with E-state index in [0.29, 0.717) is 5.82 Å².